The number of benzene rings is 1. The Morgan fingerprint density at radius 1 is 1.14 bits per heavy atom. The SMILES string of the molecule is C=CC(=O)N1CCC(n2nc(N3CCN(C4CCOCC4)C[C@@]3(C)C(F)F)c(-c3c(Cl)c(C)cc4[nH]ncc34)c2C)CC1. The molecule has 0 saturated carbocycles. The van der Waals surface area contributed by atoms with E-state index in [-0.39, 0.29) is 24.5 Å². The van der Waals surface area contributed by atoms with Gasteiger partial charge in [0.1, 0.15) is 5.54 Å². The number of carbonyl (C=O) groups excluding carboxylic acids is 1. The fourth-order valence-electron chi connectivity index (χ4n) is 7.20. The van der Waals surface area contributed by atoms with Gasteiger partial charge in [0.15, 0.2) is 5.82 Å². The molecule has 0 bridgehead atoms. The summed E-state index contributed by atoms with van der Waals surface area (Å²) < 4.78 is 38.1. The second kappa shape index (κ2) is 11.8. The number of carbonyl (C=O) groups is 1. The molecule has 3 aromatic rings. The average molecular weight is 616 g/mol. The first kappa shape index (κ1) is 30.0. The Balaban J connectivity index is 1.46. The first-order valence-corrected chi connectivity index (χ1v) is 15.5. The largest absolute Gasteiger partial charge is 0.381 e. The molecule has 43 heavy (non-hydrogen) atoms. The average Bonchev–Trinajstić information content (AvgIpc) is 3.61. The van der Waals surface area contributed by atoms with Gasteiger partial charge in [0, 0.05) is 74.2 Å². The number of aromatic amines is 1. The van der Waals surface area contributed by atoms with Gasteiger partial charge in [0.25, 0.3) is 6.43 Å². The highest BCUT2D eigenvalue weighted by Gasteiger charge is 2.49. The molecule has 3 saturated heterocycles. The van der Waals surface area contributed by atoms with Gasteiger partial charge in [0.2, 0.25) is 5.91 Å². The molecule has 1 amide bonds. The number of aryl methyl sites for hydroxylation is 1. The summed E-state index contributed by atoms with van der Waals surface area (Å²) in [5.74, 6) is 0.438. The molecule has 12 heteroatoms. The van der Waals surface area contributed by atoms with Gasteiger partial charge in [-0.25, -0.2) is 8.78 Å². The van der Waals surface area contributed by atoms with Crippen molar-refractivity contribution in [1.82, 2.24) is 29.8 Å². The molecule has 1 atom stereocenters. The van der Waals surface area contributed by atoms with E-state index in [1.54, 1.807) is 18.0 Å². The smallest absolute Gasteiger partial charge is 0.262 e. The van der Waals surface area contributed by atoms with E-state index in [4.69, 9.17) is 21.4 Å². The van der Waals surface area contributed by atoms with E-state index in [9.17, 15) is 4.79 Å². The van der Waals surface area contributed by atoms with Crippen molar-refractivity contribution in [2.75, 3.05) is 50.8 Å². The lowest BCUT2D eigenvalue weighted by molar-refractivity contribution is -0.127. The number of nitrogens with one attached hydrogen (secondary N) is 1. The van der Waals surface area contributed by atoms with Crippen molar-refractivity contribution >= 4 is 34.2 Å². The number of piperidine rings is 1. The Morgan fingerprint density at radius 2 is 1.86 bits per heavy atom. The summed E-state index contributed by atoms with van der Waals surface area (Å²) >= 11 is 7.05. The van der Waals surface area contributed by atoms with Crippen LogP contribution in [0, 0.1) is 13.8 Å². The maximum Gasteiger partial charge on any atom is 0.262 e. The van der Waals surface area contributed by atoms with E-state index in [1.807, 2.05) is 29.5 Å². The number of hydrogen-bond donors (Lipinski definition) is 1. The van der Waals surface area contributed by atoms with Gasteiger partial charge < -0.3 is 14.5 Å². The van der Waals surface area contributed by atoms with Crippen LogP contribution in [0.4, 0.5) is 14.6 Å². The van der Waals surface area contributed by atoms with E-state index < -0.39 is 12.0 Å². The van der Waals surface area contributed by atoms with Gasteiger partial charge in [-0.3, -0.25) is 19.5 Å². The number of nitrogens with zero attached hydrogens (tertiary/aromatic N) is 6. The van der Waals surface area contributed by atoms with Crippen LogP contribution in [0.5, 0.6) is 0 Å². The van der Waals surface area contributed by atoms with Crippen LogP contribution in [0.3, 0.4) is 0 Å². The number of alkyl halides is 2. The third-order valence-electron chi connectivity index (χ3n) is 9.73. The lowest BCUT2D eigenvalue weighted by Crippen LogP contribution is -2.66. The second-order valence-electron chi connectivity index (χ2n) is 12.3. The molecular formula is C31H40ClF2N7O2. The molecule has 5 heterocycles. The van der Waals surface area contributed by atoms with Crippen LogP contribution in [0.25, 0.3) is 22.0 Å². The minimum Gasteiger partial charge on any atom is -0.381 e. The molecule has 3 fully saturated rings. The minimum atomic E-state index is -2.61. The van der Waals surface area contributed by atoms with Crippen molar-refractivity contribution in [3.63, 3.8) is 0 Å². The number of fused-ring (bicyclic) bond motifs is 1. The van der Waals surface area contributed by atoms with E-state index >= 15 is 8.78 Å². The number of amides is 1. The molecule has 1 aromatic carbocycles. The molecule has 6 rings (SSSR count). The van der Waals surface area contributed by atoms with Gasteiger partial charge >= 0.3 is 0 Å². The van der Waals surface area contributed by atoms with Gasteiger partial charge in [-0.1, -0.05) is 18.2 Å². The van der Waals surface area contributed by atoms with E-state index in [2.05, 4.69) is 21.7 Å². The fraction of sp³-hybridized carbons (Fsp3) is 0.581. The number of piperazine rings is 1. The standard InChI is InChI=1S/C31H40ClF2N7O2/c1-5-25(42)38-10-6-22(7-11-38)41-20(3)26(27-23-17-35-36-24(23)16-19(2)28(27)32)29(37-41)40-13-12-39(18-31(40,4)30(33)34)21-8-14-43-15-9-21/h5,16-17,21-22,30H,1,6-15,18H2,2-4H3,(H,35,36)/t31-/m0/s1. The highest BCUT2D eigenvalue weighted by Crippen LogP contribution is 2.47. The highest BCUT2D eigenvalue weighted by atomic mass is 35.5. The third-order valence-corrected chi connectivity index (χ3v) is 10.2. The number of ether oxygens (including phenoxy) is 1. The molecule has 0 unspecified atom stereocenters. The summed E-state index contributed by atoms with van der Waals surface area (Å²) in [6, 6.07) is 2.19. The first-order chi connectivity index (χ1) is 20.6. The van der Waals surface area contributed by atoms with Gasteiger partial charge in [0.05, 0.1) is 22.8 Å². The zero-order chi connectivity index (χ0) is 30.5. The van der Waals surface area contributed by atoms with Crippen LogP contribution < -0.4 is 4.90 Å². The normalized spacial score (nSPS) is 23.0. The van der Waals surface area contributed by atoms with Crippen molar-refractivity contribution in [3.8, 4) is 11.1 Å². The number of aromatic nitrogens is 4. The van der Waals surface area contributed by atoms with Crippen LogP contribution >= 0.6 is 11.6 Å². The van der Waals surface area contributed by atoms with E-state index in [1.165, 1.54) is 6.08 Å². The number of likely N-dealkylation sites (tertiary alicyclic amines) is 1. The Morgan fingerprint density at radius 3 is 2.53 bits per heavy atom. The lowest BCUT2D eigenvalue weighted by Gasteiger charge is -2.51. The summed E-state index contributed by atoms with van der Waals surface area (Å²) in [5, 5.41) is 13.9. The zero-order valence-electron chi connectivity index (χ0n) is 25.1. The van der Waals surface area contributed by atoms with E-state index in [0.29, 0.717) is 63.1 Å². The van der Waals surface area contributed by atoms with Gasteiger partial charge in [-0.2, -0.15) is 10.2 Å². The van der Waals surface area contributed by atoms with Crippen LogP contribution in [0.15, 0.2) is 24.9 Å². The molecule has 1 N–H and O–H groups in total. The third kappa shape index (κ3) is 5.23. The number of anilines is 1. The zero-order valence-corrected chi connectivity index (χ0v) is 25.8. The topological polar surface area (TPSA) is 82.5 Å². The summed E-state index contributed by atoms with van der Waals surface area (Å²) in [6.07, 6.45) is 3.58. The molecule has 3 aliphatic heterocycles. The van der Waals surface area contributed by atoms with E-state index in [0.717, 1.165) is 46.1 Å². The molecule has 0 radical (unpaired) electrons. The lowest BCUT2D eigenvalue weighted by atomic mass is 9.92. The number of rotatable bonds is 6. The Labute approximate surface area is 255 Å². The summed E-state index contributed by atoms with van der Waals surface area (Å²) in [4.78, 5) is 18.1. The van der Waals surface area contributed by atoms with Crippen molar-refractivity contribution in [2.45, 2.75) is 70.5 Å². The number of H-pyrrole nitrogens is 1. The predicted octanol–water partition coefficient (Wildman–Crippen LogP) is 5.37. The number of halogens is 3. The quantitative estimate of drug-likeness (QED) is 0.376. The number of hydrogen-bond acceptors (Lipinski definition) is 6. The molecule has 0 spiro atoms. The van der Waals surface area contributed by atoms with Crippen LogP contribution in [-0.2, 0) is 9.53 Å². The highest BCUT2D eigenvalue weighted by molar-refractivity contribution is 6.36. The first-order valence-electron chi connectivity index (χ1n) is 15.1. The second-order valence-corrected chi connectivity index (χ2v) is 12.7. The van der Waals surface area contributed by atoms with Crippen LogP contribution in [-0.4, -0.2) is 99.6 Å². The summed E-state index contributed by atoms with van der Waals surface area (Å²) in [6.45, 7) is 13.0. The van der Waals surface area contributed by atoms with Crippen LogP contribution in [0.1, 0.15) is 49.9 Å². The Bertz CT molecular complexity index is 1510. The summed E-state index contributed by atoms with van der Waals surface area (Å²) in [5.41, 5.74) is 2.60. The maximum absolute atomic E-state index is 15.3. The Kier molecular flexibility index (Phi) is 8.25. The van der Waals surface area contributed by atoms with Crippen molar-refractivity contribution in [1.29, 1.82) is 0 Å². The van der Waals surface area contributed by atoms with Gasteiger partial charge in [-0.05, 0) is 64.2 Å². The summed E-state index contributed by atoms with van der Waals surface area (Å²) in [7, 11) is 0. The molecule has 0 aliphatic carbocycles. The maximum atomic E-state index is 15.3. The molecule has 3 aliphatic rings. The van der Waals surface area contributed by atoms with Gasteiger partial charge in [-0.15, -0.1) is 0 Å². The van der Waals surface area contributed by atoms with Crippen molar-refractivity contribution < 1.29 is 18.3 Å². The minimum absolute atomic E-state index is 0.00567. The van der Waals surface area contributed by atoms with Crippen LogP contribution in [0.2, 0.25) is 5.02 Å². The monoisotopic (exact) mass is 615 g/mol. The molecule has 232 valence electrons. The van der Waals surface area contributed by atoms with Crippen molar-refractivity contribution in [3.05, 3.63) is 41.2 Å². The fourth-order valence-corrected chi connectivity index (χ4v) is 7.45. The molecular weight excluding hydrogens is 576 g/mol. The van der Waals surface area contributed by atoms with Crippen molar-refractivity contribution in [2.24, 2.45) is 0 Å². The molecule has 9 nitrogen and oxygen atoms in total. The Hall–Kier alpha value is -3.02. The molecule has 2 aromatic heterocycles. The predicted molar refractivity (Wildman–Crippen MR) is 164 cm³/mol.